The highest BCUT2D eigenvalue weighted by Crippen LogP contribution is 2.25. The first kappa shape index (κ1) is 15.4. The van der Waals surface area contributed by atoms with Crippen LogP contribution in [0.2, 0.25) is 0 Å². The summed E-state index contributed by atoms with van der Waals surface area (Å²) in [5, 5.41) is 9.15. The molecule has 1 unspecified atom stereocenters. The van der Waals surface area contributed by atoms with Gasteiger partial charge in [-0.15, -0.1) is 0 Å². The monoisotopic (exact) mass is 266 g/mol. The highest BCUT2D eigenvalue weighted by molar-refractivity contribution is 5.73. The summed E-state index contributed by atoms with van der Waals surface area (Å²) in [7, 11) is 3.44. The van der Waals surface area contributed by atoms with E-state index in [4.69, 9.17) is 9.84 Å². The van der Waals surface area contributed by atoms with Crippen LogP contribution in [0.15, 0.2) is 6.20 Å². The average molecular weight is 266 g/mol. The number of carboxylic acid groups (broad SMARTS) is 1. The van der Waals surface area contributed by atoms with Crippen molar-refractivity contribution in [3.63, 3.8) is 0 Å². The normalized spacial score (nSPS) is 12.5. The molecule has 0 aliphatic carbocycles. The SMILES string of the molecule is CCC(C(=O)O)N(C)Cc1ncc(C)c(OC)c1C. The van der Waals surface area contributed by atoms with Crippen LogP contribution in [-0.2, 0) is 11.3 Å². The van der Waals surface area contributed by atoms with Gasteiger partial charge in [-0.2, -0.15) is 0 Å². The molecule has 0 aliphatic heterocycles. The minimum atomic E-state index is -0.804. The topological polar surface area (TPSA) is 62.7 Å². The van der Waals surface area contributed by atoms with Crippen LogP contribution in [-0.4, -0.2) is 41.2 Å². The number of likely N-dealkylation sites (N-methyl/N-ethyl adjacent to an activating group) is 1. The number of methoxy groups -OCH3 is 1. The number of rotatable bonds is 6. The molecule has 1 atom stereocenters. The predicted octanol–water partition coefficient (Wildman–Crippen LogP) is 2.00. The highest BCUT2D eigenvalue weighted by Gasteiger charge is 2.22. The van der Waals surface area contributed by atoms with E-state index in [0.717, 1.165) is 22.6 Å². The second-order valence-electron chi connectivity index (χ2n) is 4.72. The van der Waals surface area contributed by atoms with E-state index in [-0.39, 0.29) is 0 Å². The van der Waals surface area contributed by atoms with Gasteiger partial charge in [0.05, 0.1) is 12.8 Å². The lowest BCUT2D eigenvalue weighted by Gasteiger charge is -2.24. The fourth-order valence-corrected chi connectivity index (χ4v) is 2.25. The maximum absolute atomic E-state index is 11.1. The minimum Gasteiger partial charge on any atom is -0.496 e. The van der Waals surface area contributed by atoms with E-state index in [1.165, 1.54) is 0 Å². The number of hydrogen-bond donors (Lipinski definition) is 1. The van der Waals surface area contributed by atoms with E-state index in [0.29, 0.717) is 13.0 Å². The lowest BCUT2D eigenvalue weighted by molar-refractivity contribution is -0.143. The maximum Gasteiger partial charge on any atom is 0.320 e. The molecule has 1 N–H and O–H groups in total. The molecule has 1 heterocycles. The molecule has 5 heteroatoms. The van der Waals surface area contributed by atoms with Gasteiger partial charge < -0.3 is 9.84 Å². The van der Waals surface area contributed by atoms with E-state index >= 15 is 0 Å². The van der Waals surface area contributed by atoms with E-state index in [1.807, 2.05) is 20.8 Å². The number of ether oxygens (including phenoxy) is 1. The molecule has 1 rings (SSSR count). The number of carboxylic acids is 1. The van der Waals surface area contributed by atoms with Gasteiger partial charge in [-0.1, -0.05) is 6.92 Å². The summed E-state index contributed by atoms with van der Waals surface area (Å²) < 4.78 is 5.36. The highest BCUT2D eigenvalue weighted by atomic mass is 16.5. The Balaban J connectivity index is 2.97. The van der Waals surface area contributed by atoms with Crippen LogP contribution < -0.4 is 4.74 Å². The number of hydrogen-bond acceptors (Lipinski definition) is 4. The lowest BCUT2D eigenvalue weighted by atomic mass is 10.1. The number of carbonyl (C=O) groups is 1. The first-order valence-corrected chi connectivity index (χ1v) is 6.34. The van der Waals surface area contributed by atoms with Crippen molar-refractivity contribution in [2.75, 3.05) is 14.2 Å². The zero-order chi connectivity index (χ0) is 14.6. The number of aromatic nitrogens is 1. The van der Waals surface area contributed by atoms with Crippen LogP contribution in [0.3, 0.4) is 0 Å². The van der Waals surface area contributed by atoms with Crippen LogP contribution in [0.1, 0.15) is 30.2 Å². The van der Waals surface area contributed by atoms with Gasteiger partial charge in [-0.25, -0.2) is 0 Å². The van der Waals surface area contributed by atoms with Crippen molar-refractivity contribution in [2.24, 2.45) is 0 Å². The molecule has 5 nitrogen and oxygen atoms in total. The molecule has 19 heavy (non-hydrogen) atoms. The van der Waals surface area contributed by atoms with Crippen molar-refractivity contribution in [1.29, 1.82) is 0 Å². The van der Waals surface area contributed by atoms with Gasteiger partial charge in [0.25, 0.3) is 0 Å². The van der Waals surface area contributed by atoms with E-state index < -0.39 is 12.0 Å². The van der Waals surface area contributed by atoms with Gasteiger partial charge in [-0.05, 0) is 27.3 Å². The smallest absolute Gasteiger partial charge is 0.320 e. The molecule has 0 aliphatic rings. The van der Waals surface area contributed by atoms with E-state index in [1.54, 1.807) is 25.3 Å². The third-order valence-corrected chi connectivity index (χ3v) is 3.35. The zero-order valence-corrected chi connectivity index (χ0v) is 12.2. The summed E-state index contributed by atoms with van der Waals surface area (Å²) in [4.78, 5) is 17.3. The fraction of sp³-hybridized carbons (Fsp3) is 0.571. The van der Waals surface area contributed by atoms with Crippen molar-refractivity contribution in [3.8, 4) is 5.75 Å². The third kappa shape index (κ3) is 3.44. The summed E-state index contributed by atoms with van der Waals surface area (Å²) in [5.41, 5.74) is 2.80. The molecule has 106 valence electrons. The van der Waals surface area contributed by atoms with Crippen LogP contribution in [0.4, 0.5) is 0 Å². The van der Waals surface area contributed by atoms with Gasteiger partial charge in [0.1, 0.15) is 11.8 Å². The van der Waals surface area contributed by atoms with Gasteiger partial charge >= 0.3 is 5.97 Å². The molecule has 0 radical (unpaired) electrons. The Bertz CT molecular complexity index is 460. The second-order valence-corrected chi connectivity index (χ2v) is 4.72. The molecule has 1 aromatic rings. The molecule has 0 aromatic carbocycles. The summed E-state index contributed by atoms with van der Waals surface area (Å²) in [6.07, 6.45) is 2.32. The molecular formula is C14H22N2O3. The van der Waals surface area contributed by atoms with Crippen molar-refractivity contribution >= 4 is 5.97 Å². The predicted molar refractivity (Wildman–Crippen MR) is 73.4 cm³/mol. The second kappa shape index (κ2) is 6.52. The molecule has 0 fully saturated rings. The van der Waals surface area contributed by atoms with Gasteiger partial charge in [-0.3, -0.25) is 14.7 Å². The number of aliphatic carboxylic acids is 1. The van der Waals surface area contributed by atoms with Crippen molar-refractivity contribution in [2.45, 2.75) is 39.8 Å². The third-order valence-electron chi connectivity index (χ3n) is 3.35. The Morgan fingerprint density at radius 1 is 1.53 bits per heavy atom. The first-order chi connectivity index (χ1) is 8.92. The van der Waals surface area contributed by atoms with Crippen molar-refractivity contribution in [1.82, 2.24) is 9.88 Å². The molecule has 1 aromatic heterocycles. The number of aryl methyl sites for hydroxylation is 1. The van der Waals surface area contributed by atoms with Crippen molar-refractivity contribution < 1.29 is 14.6 Å². The molecule has 0 saturated carbocycles. The lowest BCUT2D eigenvalue weighted by Crippen LogP contribution is -2.37. The van der Waals surface area contributed by atoms with Crippen molar-refractivity contribution in [3.05, 3.63) is 23.0 Å². The zero-order valence-electron chi connectivity index (χ0n) is 12.2. The summed E-state index contributed by atoms with van der Waals surface area (Å²) >= 11 is 0. The van der Waals surface area contributed by atoms with Crippen LogP contribution in [0, 0.1) is 13.8 Å². The van der Waals surface area contributed by atoms with E-state index in [2.05, 4.69) is 4.98 Å². The Hall–Kier alpha value is -1.62. The van der Waals surface area contributed by atoms with Gasteiger partial charge in [0, 0.05) is 23.9 Å². The van der Waals surface area contributed by atoms with Crippen LogP contribution in [0.5, 0.6) is 5.75 Å². The van der Waals surface area contributed by atoms with Gasteiger partial charge in [0.15, 0.2) is 0 Å². The number of nitrogens with zero attached hydrogens (tertiary/aromatic N) is 2. The van der Waals surface area contributed by atoms with E-state index in [9.17, 15) is 4.79 Å². The van der Waals surface area contributed by atoms with Gasteiger partial charge in [0.2, 0.25) is 0 Å². The average Bonchev–Trinajstić information content (AvgIpc) is 2.34. The Morgan fingerprint density at radius 2 is 2.16 bits per heavy atom. The summed E-state index contributed by atoms with van der Waals surface area (Å²) in [6.45, 7) is 6.25. The molecule has 0 bridgehead atoms. The molecule has 0 saturated heterocycles. The maximum atomic E-state index is 11.1. The quantitative estimate of drug-likeness (QED) is 0.853. The Labute approximate surface area is 114 Å². The Morgan fingerprint density at radius 3 is 2.63 bits per heavy atom. The largest absolute Gasteiger partial charge is 0.496 e. The number of pyridine rings is 1. The minimum absolute atomic E-state index is 0.492. The standard InChI is InChI=1S/C14H22N2O3/c1-6-12(14(17)18)16(4)8-11-10(3)13(19-5)9(2)7-15-11/h7,12H,6,8H2,1-5H3,(H,17,18). The molecule has 0 spiro atoms. The van der Waals surface area contributed by atoms with Crippen LogP contribution >= 0.6 is 0 Å². The summed E-state index contributed by atoms with van der Waals surface area (Å²) in [5.74, 6) is 0.0171. The fourth-order valence-electron chi connectivity index (χ4n) is 2.25. The molecule has 0 amide bonds. The Kier molecular flexibility index (Phi) is 5.30. The molecular weight excluding hydrogens is 244 g/mol. The first-order valence-electron chi connectivity index (χ1n) is 6.34. The van der Waals surface area contributed by atoms with Crippen LogP contribution in [0.25, 0.3) is 0 Å². The summed E-state index contributed by atoms with van der Waals surface area (Å²) in [6, 6.07) is -0.492.